The Labute approximate surface area is 249 Å². The van der Waals surface area contributed by atoms with E-state index in [2.05, 4.69) is 6.07 Å². The zero-order chi connectivity index (χ0) is 31.3. The highest BCUT2D eigenvalue weighted by molar-refractivity contribution is 7.89. The molecular weight excluding hydrogens is 578 g/mol. The third-order valence-corrected chi connectivity index (χ3v) is 9.02. The minimum atomic E-state index is -3.94. The molecule has 0 bridgehead atoms. The number of nitriles is 1. The van der Waals surface area contributed by atoms with Gasteiger partial charge in [-0.25, -0.2) is 22.8 Å². The number of hydrogen-bond acceptors (Lipinski definition) is 11. The number of rotatable bonds is 7. The van der Waals surface area contributed by atoms with E-state index in [-0.39, 0.29) is 66.0 Å². The van der Waals surface area contributed by atoms with Crippen molar-refractivity contribution in [1.29, 1.82) is 5.26 Å². The van der Waals surface area contributed by atoms with Gasteiger partial charge in [0, 0.05) is 31.9 Å². The number of esters is 2. The van der Waals surface area contributed by atoms with Gasteiger partial charge in [-0.05, 0) is 36.8 Å². The van der Waals surface area contributed by atoms with Crippen molar-refractivity contribution in [3.63, 3.8) is 0 Å². The Hall–Kier alpha value is -4.87. The van der Waals surface area contributed by atoms with Crippen LogP contribution in [-0.4, -0.2) is 82.7 Å². The third-order valence-electron chi connectivity index (χ3n) is 7.11. The highest BCUT2D eigenvalue weighted by Gasteiger charge is 2.43. The first-order valence-corrected chi connectivity index (χ1v) is 14.7. The summed E-state index contributed by atoms with van der Waals surface area (Å²) in [6.07, 6.45) is -0.497. The molecule has 2 aliphatic heterocycles. The van der Waals surface area contributed by atoms with Gasteiger partial charge in [-0.1, -0.05) is 30.3 Å². The Kier molecular flexibility index (Phi) is 9.37. The quantitative estimate of drug-likeness (QED) is 0.360. The number of nitrogens with zero attached hydrogens (tertiary/aromatic N) is 4. The van der Waals surface area contributed by atoms with E-state index in [4.69, 9.17) is 19.9 Å². The first-order valence-electron chi connectivity index (χ1n) is 13.3. The number of amides is 1. The van der Waals surface area contributed by atoms with Gasteiger partial charge in [0.05, 0.1) is 48.9 Å². The molecule has 13 nitrogen and oxygen atoms in total. The number of ether oxygens (including phenoxy) is 3. The molecule has 1 fully saturated rings. The Morgan fingerprint density at radius 3 is 2.09 bits per heavy atom. The highest BCUT2D eigenvalue weighted by Crippen LogP contribution is 2.43. The van der Waals surface area contributed by atoms with E-state index in [1.807, 2.05) is 0 Å². The van der Waals surface area contributed by atoms with Crippen LogP contribution in [0.4, 0.5) is 10.5 Å². The fourth-order valence-electron chi connectivity index (χ4n) is 5.02. The minimum absolute atomic E-state index is 0.0181. The summed E-state index contributed by atoms with van der Waals surface area (Å²) in [5.41, 5.74) is 6.76. The molecular formula is C29H31N5O8S. The summed E-state index contributed by atoms with van der Waals surface area (Å²) in [5, 5.41) is 10.2. The highest BCUT2D eigenvalue weighted by atomic mass is 32.2. The van der Waals surface area contributed by atoms with Crippen molar-refractivity contribution in [3.05, 3.63) is 82.8 Å². The summed E-state index contributed by atoms with van der Waals surface area (Å²) in [4.78, 5) is 41.0. The van der Waals surface area contributed by atoms with Gasteiger partial charge in [-0.15, -0.1) is 0 Å². The Morgan fingerprint density at radius 2 is 1.56 bits per heavy atom. The topological polar surface area (TPSA) is 173 Å². The maximum absolute atomic E-state index is 13.4. The van der Waals surface area contributed by atoms with Crippen molar-refractivity contribution in [2.45, 2.75) is 17.7 Å². The van der Waals surface area contributed by atoms with Crippen LogP contribution in [0, 0.1) is 11.3 Å². The molecule has 0 saturated carbocycles. The molecule has 2 heterocycles. The van der Waals surface area contributed by atoms with E-state index in [9.17, 15) is 28.1 Å². The molecule has 1 atom stereocenters. The molecule has 2 aromatic carbocycles. The number of piperazine rings is 1. The number of carbonyl (C=O) groups is 3. The fraction of sp³-hybridized carbons (Fsp3) is 0.310. The number of nitrogens with two attached hydrogens (primary N) is 1. The summed E-state index contributed by atoms with van der Waals surface area (Å²) in [6.45, 7) is 2.42. The number of sulfonamides is 1. The van der Waals surface area contributed by atoms with Gasteiger partial charge in [0.1, 0.15) is 11.5 Å². The lowest BCUT2D eigenvalue weighted by molar-refractivity contribution is -0.139. The maximum Gasteiger partial charge on any atom is 0.409 e. The van der Waals surface area contributed by atoms with Crippen molar-refractivity contribution in [2.75, 3.05) is 51.9 Å². The van der Waals surface area contributed by atoms with Crippen LogP contribution in [0.25, 0.3) is 0 Å². The maximum atomic E-state index is 13.4. The van der Waals surface area contributed by atoms with Crippen LogP contribution >= 0.6 is 0 Å². The normalized spacial score (nSPS) is 17.8. The number of methoxy groups -OCH3 is 2. The number of benzene rings is 2. The third kappa shape index (κ3) is 5.90. The predicted molar refractivity (Wildman–Crippen MR) is 153 cm³/mol. The van der Waals surface area contributed by atoms with E-state index >= 15 is 0 Å². The molecule has 1 unspecified atom stereocenters. The molecule has 0 radical (unpaired) electrons. The van der Waals surface area contributed by atoms with Gasteiger partial charge in [-0.2, -0.15) is 9.57 Å². The Balaban J connectivity index is 1.75. The van der Waals surface area contributed by atoms with Crippen LogP contribution in [-0.2, 0) is 33.8 Å². The Morgan fingerprint density at radius 1 is 0.953 bits per heavy atom. The summed E-state index contributed by atoms with van der Waals surface area (Å²) < 4.78 is 43.1. The summed E-state index contributed by atoms with van der Waals surface area (Å²) in [6, 6.07) is 16.1. The number of anilines is 1. The van der Waals surface area contributed by atoms with E-state index in [0.717, 1.165) is 14.2 Å². The SMILES string of the molecule is CCOC(=O)N1CCN(S(=O)(=O)c2ccc(N3C(N)=C(C#N)C(c4ccccc4)C(C(=O)OC)=C3C(=O)OC)cc2)CC1. The average molecular weight is 610 g/mol. The molecule has 1 amide bonds. The number of carbonyl (C=O) groups excluding carboxylic acids is 3. The lowest BCUT2D eigenvalue weighted by Gasteiger charge is -2.36. The van der Waals surface area contributed by atoms with Gasteiger partial charge >= 0.3 is 18.0 Å². The standard InChI is InChI=1S/C29H31N5O8S/c1-4-42-29(37)32-14-16-33(17-15-32)43(38,39)21-12-10-20(11-13-21)34-25(28(36)41-3)24(27(35)40-2)23(22(18-30)26(34)31)19-8-6-5-7-9-19/h5-13,23H,4,14-17,31H2,1-3H3. The summed E-state index contributed by atoms with van der Waals surface area (Å²) >= 11 is 0. The molecule has 43 heavy (non-hydrogen) atoms. The van der Waals surface area contributed by atoms with Crippen molar-refractivity contribution in [2.24, 2.45) is 5.73 Å². The predicted octanol–water partition coefficient (Wildman–Crippen LogP) is 2.05. The Bertz CT molecular complexity index is 1610. The minimum Gasteiger partial charge on any atom is -0.466 e. The smallest absolute Gasteiger partial charge is 0.409 e. The van der Waals surface area contributed by atoms with E-state index in [1.165, 1.54) is 38.4 Å². The van der Waals surface area contributed by atoms with Crippen LogP contribution in [0.15, 0.2) is 82.2 Å². The second kappa shape index (κ2) is 13.0. The van der Waals surface area contributed by atoms with Gasteiger partial charge in [0.25, 0.3) is 0 Å². The van der Waals surface area contributed by atoms with Crippen molar-refractivity contribution >= 4 is 33.7 Å². The van der Waals surface area contributed by atoms with Crippen molar-refractivity contribution in [1.82, 2.24) is 9.21 Å². The van der Waals surface area contributed by atoms with Crippen LogP contribution in [0.5, 0.6) is 0 Å². The summed E-state index contributed by atoms with van der Waals surface area (Å²) in [7, 11) is -1.66. The number of allylic oxidation sites excluding steroid dienone is 1. The zero-order valence-corrected chi connectivity index (χ0v) is 24.7. The van der Waals surface area contributed by atoms with E-state index in [1.54, 1.807) is 37.3 Å². The largest absolute Gasteiger partial charge is 0.466 e. The lowest BCUT2D eigenvalue weighted by atomic mass is 9.81. The van der Waals surface area contributed by atoms with Crippen molar-refractivity contribution in [3.8, 4) is 6.07 Å². The molecule has 0 aliphatic carbocycles. The van der Waals surface area contributed by atoms with E-state index in [0.29, 0.717) is 5.56 Å². The van der Waals surface area contributed by atoms with Crippen LogP contribution in [0.2, 0.25) is 0 Å². The van der Waals surface area contributed by atoms with E-state index < -0.39 is 34.0 Å². The molecule has 2 aliphatic rings. The van der Waals surface area contributed by atoms with Gasteiger partial charge in [0.2, 0.25) is 10.0 Å². The first kappa shape index (κ1) is 31.1. The fourth-order valence-corrected chi connectivity index (χ4v) is 6.45. The van der Waals surface area contributed by atoms with Gasteiger partial charge in [0.15, 0.2) is 0 Å². The number of hydrogen-bond donors (Lipinski definition) is 1. The van der Waals surface area contributed by atoms with Crippen molar-refractivity contribution < 1.29 is 37.0 Å². The van der Waals surface area contributed by atoms with Crippen LogP contribution < -0.4 is 10.6 Å². The molecule has 14 heteroatoms. The second-order valence-corrected chi connectivity index (χ2v) is 11.4. The van der Waals surface area contributed by atoms with Gasteiger partial charge in [-0.3, -0.25) is 4.90 Å². The van der Waals surface area contributed by atoms with Gasteiger partial charge < -0.3 is 24.8 Å². The monoisotopic (exact) mass is 609 g/mol. The molecule has 4 rings (SSSR count). The molecule has 226 valence electrons. The summed E-state index contributed by atoms with van der Waals surface area (Å²) in [5.74, 6) is -2.97. The molecule has 0 aromatic heterocycles. The van der Waals surface area contributed by atoms with Crippen LogP contribution in [0.1, 0.15) is 18.4 Å². The van der Waals surface area contributed by atoms with Crippen LogP contribution in [0.3, 0.4) is 0 Å². The zero-order valence-electron chi connectivity index (χ0n) is 23.8. The first-order chi connectivity index (χ1) is 20.6. The molecule has 0 spiro atoms. The second-order valence-electron chi connectivity index (χ2n) is 9.42. The molecule has 2 aromatic rings. The average Bonchev–Trinajstić information content (AvgIpc) is 3.04. The molecule has 1 saturated heterocycles. The molecule has 2 N–H and O–H groups in total. The lowest BCUT2D eigenvalue weighted by Crippen LogP contribution is -2.50.